The summed E-state index contributed by atoms with van der Waals surface area (Å²) in [6, 6.07) is 6.06. The Hall–Kier alpha value is -1.75. The zero-order valence-electron chi connectivity index (χ0n) is 12.1. The zero-order chi connectivity index (χ0) is 14.7. The topological polar surface area (TPSA) is 81.6 Å². The number of carbonyl (C=O) groups is 1. The Morgan fingerprint density at radius 3 is 2.85 bits per heavy atom. The van der Waals surface area contributed by atoms with Crippen LogP contribution in [0.25, 0.3) is 0 Å². The number of primary amides is 1. The van der Waals surface area contributed by atoms with E-state index in [4.69, 9.17) is 16.2 Å². The maximum Gasteiger partial charge on any atom is 0.221 e. The third-order valence-electron chi connectivity index (χ3n) is 4.09. The third kappa shape index (κ3) is 3.22. The summed E-state index contributed by atoms with van der Waals surface area (Å²) in [6.07, 6.45) is 1.86. The predicted octanol–water partition coefficient (Wildman–Crippen LogP) is 1.36. The molecule has 5 heteroatoms. The quantitative estimate of drug-likeness (QED) is 0.814. The molecular formula is C15H23N3O2. The number of ether oxygens (including phenoxy) is 1. The molecule has 4 N–H and O–H groups in total. The molecule has 1 aliphatic rings. The van der Waals surface area contributed by atoms with Gasteiger partial charge in [0, 0.05) is 30.4 Å². The normalized spacial score (nSPS) is 23.5. The fraction of sp³-hybridized carbons (Fsp3) is 0.533. The second-order valence-electron chi connectivity index (χ2n) is 5.53. The van der Waals surface area contributed by atoms with Gasteiger partial charge in [-0.15, -0.1) is 0 Å². The predicted molar refractivity (Wildman–Crippen MR) is 79.2 cm³/mol. The minimum atomic E-state index is -0.207. The first-order valence-electron chi connectivity index (χ1n) is 6.97. The molecule has 0 bridgehead atoms. The number of rotatable bonds is 4. The minimum absolute atomic E-state index is 0.0572. The monoisotopic (exact) mass is 277 g/mol. The highest BCUT2D eigenvalue weighted by Crippen LogP contribution is 2.28. The lowest BCUT2D eigenvalue weighted by Gasteiger charge is -2.37. The maximum absolute atomic E-state index is 11.4. The van der Waals surface area contributed by atoms with Crippen LogP contribution in [0.3, 0.4) is 0 Å². The standard InChI is InChI=1S/C15H23N3O2/c1-10-3-4-11(15(17)19)8-18(10)9-12-7-13(16)5-6-14(12)20-2/h5-7,10-11H,3-4,8-9,16H2,1-2H3,(H2,17,19). The van der Waals surface area contributed by atoms with E-state index in [-0.39, 0.29) is 11.8 Å². The lowest BCUT2D eigenvalue weighted by molar-refractivity contribution is -0.124. The summed E-state index contributed by atoms with van der Waals surface area (Å²) in [5.41, 5.74) is 13.1. The van der Waals surface area contributed by atoms with Crippen LogP contribution in [0.5, 0.6) is 5.75 Å². The molecule has 2 rings (SSSR count). The van der Waals surface area contributed by atoms with Gasteiger partial charge in [-0.3, -0.25) is 9.69 Å². The molecule has 0 saturated carbocycles. The van der Waals surface area contributed by atoms with E-state index in [2.05, 4.69) is 11.8 Å². The number of nitrogens with two attached hydrogens (primary N) is 2. The SMILES string of the molecule is COc1ccc(N)cc1CN1CC(C(N)=O)CCC1C. The molecule has 1 aromatic rings. The Bertz CT molecular complexity index is 490. The summed E-state index contributed by atoms with van der Waals surface area (Å²) < 4.78 is 5.38. The number of piperidine rings is 1. The first kappa shape index (κ1) is 14.7. The molecule has 1 fully saturated rings. The number of nitrogens with zero attached hydrogens (tertiary/aromatic N) is 1. The van der Waals surface area contributed by atoms with Gasteiger partial charge in [-0.05, 0) is 38.0 Å². The average Bonchev–Trinajstić information content (AvgIpc) is 2.41. The molecule has 1 aliphatic heterocycles. The van der Waals surface area contributed by atoms with Crippen LogP contribution in [0.15, 0.2) is 18.2 Å². The molecule has 2 unspecified atom stereocenters. The van der Waals surface area contributed by atoms with E-state index in [1.54, 1.807) is 7.11 Å². The number of nitrogen functional groups attached to an aromatic ring is 1. The molecular weight excluding hydrogens is 254 g/mol. The highest BCUT2D eigenvalue weighted by atomic mass is 16.5. The van der Waals surface area contributed by atoms with E-state index in [1.165, 1.54) is 0 Å². The fourth-order valence-electron chi connectivity index (χ4n) is 2.77. The van der Waals surface area contributed by atoms with Crippen LogP contribution < -0.4 is 16.2 Å². The zero-order valence-corrected chi connectivity index (χ0v) is 12.1. The van der Waals surface area contributed by atoms with E-state index in [0.717, 1.165) is 36.4 Å². The lowest BCUT2D eigenvalue weighted by atomic mass is 9.92. The number of benzene rings is 1. The summed E-state index contributed by atoms with van der Waals surface area (Å²) in [5.74, 6) is 0.562. The number of anilines is 1. The Morgan fingerprint density at radius 1 is 1.45 bits per heavy atom. The molecule has 1 saturated heterocycles. The van der Waals surface area contributed by atoms with E-state index in [1.807, 2.05) is 18.2 Å². The van der Waals surface area contributed by atoms with Crippen LogP contribution in [0.1, 0.15) is 25.3 Å². The van der Waals surface area contributed by atoms with Gasteiger partial charge in [0.15, 0.2) is 0 Å². The molecule has 0 spiro atoms. The van der Waals surface area contributed by atoms with E-state index < -0.39 is 0 Å². The summed E-state index contributed by atoms with van der Waals surface area (Å²) in [6.45, 7) is 3.60. The van der Waals surface area contributed by atoms with Gasteiger partial charge >= 0.3 is 0 Å². The minimum Gasteiger partial charge on any atom is -0.496 e. The molecule has 5 nitrogen and oxygen atoms in total. The van der Waals surface area contributed by atoms with Gasteiger partial charge < -0.3 is 16.2 Å². The van der Waals surface area contributed by atoms with Gasteiger partial charge in [-0.25, -0.2) is 0 Å². The second-order valence-corrected chi connectivity index (χ2v) is 5.53. The molecule has 1 amide bonds. The van der Waals surface area contributed by atoms with Crippen LogP contribution >= 0.6 is 0 Å². The summed E-state index contributed by atoms with van der Waals surface area (Å²) >= 11 is 0. The second kappa shape index (κ2) is 6.13. The van der Waals surface area contributed by atoms with Gasteiger partial charge in [0.05, 0.1) is 13.0 Å². The highest BCUT2D eigenvalue weighted by Gasteiger charge is 2.29. The Morgan fingerprint density at radius 2 is 2.20 bits per heavy atom. The van der Waals surface area contributed by atoms with Crippen LogP contribution in [0.2, 0.25) is 0 Å². The molecule has 0 radical (unpaired) electrons. The smallest absolute Gasteiger partial charge is 0.221 e. The van der Waals surface area contributed by atoms with Crippen LogP contribution in [0.4, 0.5) is 5.69 Å². The molecule has 1 aromatic carbocycles. The van der Waals surface area contributed by atoms with E-state index in [9.17, 15) is 4.79 Å². The van der Waals surface area contributed by atoms with Crippen molar-refractivity contribution < 1.29 is 9.53 Å². The Labute approximate surface area is 119 Å². The number of hydrogen-bond acceptors (Lipinski definition) is 4. The first-order chi connectivity index (χ1) is 9.51. The highest BCUT2D eigenvalue weighted by molar-refractivity contribution is 5.77. The number of methoxy groups -OCH3 is 1. The summed E-state index contributed by atoms with van der Waals surface area (Å²) in [4.78, 5) is 13.7. The van der Waals surface area contributed by atoms with Crippen LogP contribution in [-0.4, -0.2) is 30.5 Å². The number of carbonyl (C=O) groups excluding carboxylic acids is 1. The van der Waals surface area contributed by atoms with Crippen LogP contribution in [-0.2, 0) is 11.3 Å². The number of likely N-dealkylation sites (tertiary alicyclic amines) is 1. The van der Waals surface area contributed by atoms with E-state index in [0.29, 0.717) is 12.6 Å². The van der Waals surface area contributed by atoms with E-state index >= 15 is 0 Å². The largest absolute Gasteiger partial charge is 0.496 e. The molecule has 110 valence electrons. The summed E-state index contributed by atoms with van der Waals surface area (Å²) in [5, 5.41) is 0. The van der Waals surface area contributed by atoms with Crippen molar-refractivity contribution in [1.82, 2.24) is 4.90 Å². The van der Waals surface area contributed by atoms with Crippen molar-refractivity contribution in [2.24, 2.45) is 11.7 Å². The van der Waals surface area contributed by atoms with Gasteiger partial charge in [-0.2, -0.15) is 0 Å². The van der Waals surface area contributed by atoms with Crippen molar-refractivity contribution in [3.63, 3.8) is 0 Å². The number of hydrogen-bond donors (Lipinski definition) is 2. The molecule has 0 aromatic heterocycles. The average molecular weight is 277 g/mol. The van der Waals surface area contributed by atoms with Gasteiger partial charge in [0.25, 0.3) is 0 Å². The van der Waals surface area contributed by atoms with Gasteiger partial charge in [0.1, 0.15) is 5.75 Å². The van der Waals surface area contributed by atoms with Gasteiger partial charge in [0.2, 0.25) is 5.91 Å². The maximum atomic E-state index is 11.4. The molecule has 2 atom stereocenters. The van der Waals surface area contributed by atoms with Crippen molar-refractivity contribution >= 4 is 11.6 Å². The van der Waals surface area contributed by atoms with Crippen molar-refractivity contribution in [2.45, 2.75) is 32.4 Å². The fourth-order valence-corrected chi connectivity index (χ4v) is 2.77. The van der Waals surface area contributed by atoms with Crippen molar-refractivity contribution in [3.8, 4) is 5.75 Å². The first-order valence-corrected chi connectivity index (χ1v) is 6.97. The van der Waals surface area contributed by atoms with Crippen LogP contribution in [0, 0.1) is 5.92 Å². The Balaban J connectivity index is 2.15. The van der Waals surface area contributed by atoms with Gasteiger partial charge in [-0.1, -0.05) is 0 Å². The Kier molecular flexibility index (Phi) is 4.49. The molecule has 0 aliphatic carbocycles. The van der Waals surface area contributed by atoms with Crippen molar-refractivity contribution in [1.29, 1.82) is 0 Å². The third-order valence-corrected chi connectivity index (χ3v) is 4.09. The molecule has 1 heterocycles. The van der Waals surface area contributed by atoms with Crippen molar-refractivity contribution in [2.75, 3.05) is 19.4 Å². The molecule has 20 heavy (non-hydrogen) atoms. The summed E-state index contributed by atoms with van der Waals surface area (Å²) in [7, 11) is 1.65. The number of amides is 1. The van der Waals surface area contributed by atoms with Crippen molar-refractivity contribution in [3.05, 3.63) is 23.8 Å². The lowest BCUT2D eigenvalue weighted by Crippen LogP contribution is -2.45.